The fraction of sp³-hybridized carbons (Fsp3) is 0.238. The highest BCUT2D eigenvalue weighted by molar-refractivity contribution is 9.10. The number of anilines is 1. The lowest BCUT2D eigenvalue weighted by Gasteiger charge is -2.29. The van der Waals surface area contributed by atoms with E-state index in [0.717, 1.165) is 27.5 Å². The maximum absolute atomic E-state index is 13.8. The van der Waals surface area contributed by atoms with Gasteiger partial charge in [0.15, 0.2) is 5.17 Å². The molecule has 0 unspecified atom stereocenters. The molecule has 0 radical (unpaired) electrons. The molecule has 2 aromatic rings. The Hall–Kier alpha value is -2.65. The topological polar surface area (TPSA) is 82.1 Å². The maximum Gasteiger partial charge on any atom is 0.270 e. The Morgan fingerprint density at radius 2 is 1.90 bits per heavy atom. The highest BCUT2D eigenvalue weighted by atomic mass is 79.9. The summed E-state index contributed by atoms with van der Waals surface area (Å²) in [6.07, 6.45) is 0.669. The summed E-state index contributed by atoms with van der Waals surface area (Å²) in [5, 5.41) is 8.28. The first-order chi connectivity index (χ1) is 14.3. The molecule has 1 spiro atoms. The van der Waals surface area contributed by atoms with Crippen LogP contribution in [0.15, 0.2) is 58.1 Å². The van der Waals surface area contributed by atoms with E-state index in [-0.39, 0.29) is 22.9 Å². The van der Waals surface area contributed by atoms with Crippen molar-refractivity contribution in [1.29, 1.82) is 0 Å². The number of carbonyl (C=O) groups excluding carboxylic acids is 3. The molecule has 7 nitrogen and oxygen atoms in total. The Bertz CT molecular complexity index is 1080. The van der Waals surface area contributed by atoms with E-state index in [0.29, 0.717) is 18.5 Å². The normalized spacial score (nSPS) is 19.8. The van der Waals surface area contributed by atoms with Gasteiger partial charge in [0.25, 0.3) is 5.91 Å². The number of amides is 3. The molecule has 0 bridgehead atoms. The van der Waals surface area contributed by atoms with Gasteiger partial charge in [-0.2, -0.15) is 5.01 Å². The highest BCUT2D eigenvalue weighted by Crippen LogP contribution is 2.54. The SMILES string of the molecule is CC(=O)NC1=NN(C(C)=O)[C@@]2(S1)C(=O)N(CCc1ccccc1)c1ccc(Br)cc12. The largest absolute Gasteiger partial charge is 0.308 e. The lowest BCUT2D eigenvalue weighted by molar-refractivity contribution is -0.139. The third-order valence-electron chi connectivity index (χ3n) is 4.93. The molecule has 3 amide bonds. The zero-order valence-corrected chi connectivity index (χ0v) is 18.8. The second-order valence-electron chi connectivity index (χ2n) is 7.02. The molecule has 2 aromatic carbocycles. The number of nitrogens with one attached hydrogen (secondary N) is 1. The second kappa shape index (κ2) is 7.88. The fourth-order valence-corrected chi connectivity index (χ4v) is 5.38. The molecule has 4 rings (SSSR count). The van der Waals surface area contributed by atoms with Crippen molar-refractivity contribution in [2.45, 2.75) is 25.1 Å². The van der Waals surface area contributed by atoms with Crippen molar-refractivity contribution in [2.75, 3.05) is 11.4 Å². The molecule has 2 aliphatic rings. The smallest absolute Gasteiger partial charge is 0.270 e. The number of carbonyl (C=O) groups is 3. The fourth-order valence-electron chi connectivity index (χ4n) is 3.69. The molecule has 30 heavy (non-hydrogen) atoms. The van der Waals surface area contributed by atoms with Crippen LogP contribution >= 0.6 is 27.7 Å². The van der Waals surface area contributed by atoms with Crippen LogP contribution in [0.3, 0.4) is 0 Å². The predicted octanol–water partition coefficient (Wildman–Crippen LogP) is 3.19. The summed E-state index contributed by atoms with van der Waals surface area (Å²) < 4.78 is 0.787. The van der Waals surface area contributed by atoms with Gasteiger partial charge in [-0.1, -0.05) is 46.3 Å². The number of hydrogen-bond donors (Lipinski definition) is 1. The Balaban J connectivity index is 1.75. The average Bonchev–Trinajstić information content (AvgIpc) is 3.18. The van der Waals surface area contributed by atoms with E-state index in [1.165, 1.54) is 18.9 Å². The van der Waals surface area contributed by atoms with E-state index < -0.39 is 4.87 Å². The Labute approximate surface area is 186 Å². The first kappa shape index (κ1) is 20.6. The molecule has 1 N–H and O–H groups in total. The van der Waals surface area contributed by atoms with Gasteiger partial charge in [0.05, 0.1) is 5.69 Å². The first-order valence-corrected chi connectivity index (χ1v) is 11.0. The van der Waals surface area contributed by atoms with E-state index in [4.69, 9.17) is 0 Å². The number of fused-ring (bicyclic) bond motifs is 2. The van der Waals surface area contributed by atoms with Gasteiger partial charge in [-0.05, 0) is 41.9 Å². The van der Waals surface area contributed by atoms with Gasteiger partial charge >= 0.3 is 0 Å². The van der Waals surface area contributed by atoms with Gasteiger partial charge in [-0.3, -0.25) is 14.4 Å². The summed E-state index contributed by atoms with van der Waals surface area (Å²) in [7, 11) is 0. The van der Waals surface area contributed by atoms with Crippen molar-refractivity contribution in [3.05, 3.63) is 64.1 Å². The number of halogens is 1. The highest BCUT2D eigenvalue weighted by Gasteiger charge is 2.61. The lowest BCUT2D eigenvalue weighted by atomic mass is 10.1. The van der Waals surface area contributed by atoms with E-state index in [1.807, 2.05) is 48.5 Å². The van der Waals surface area contributed by atoms with Gasteiger partial charge in [-0.25, -0.2) is 0 Å². The summed E-state index contributed by atoms with van der Waals surface area (Å²) in [5.41, 5.74) is 2.51. The number of benzene rings is 2. The molecule has 0 saturated heterocycles. The molecule has 0 fully saturated rings. The summed E-state index contributed by atoms with van der Waals surface area (Å²) in [6, 6.07) is 15.5. The Morgan fingerprint density at radius 3 is 2.57 bits per heavy atom. The predicted molar refractivity (Wildman–Crippen MR) is 120 cm³/mol. The number of amidine groups is 1. The number of hydrazone groups is 1. The first-order valence-electron chi connectivity index (χ1n) is 9.35. The molecule has 0 saturated carbocycles. The van der Waals surface area contributed by atoms with Gasteiger partial charge in [0.2, 0.25) is 16.7 Å². The van der Waals surface area contributed by atoms with Gasteiger partial charge in [-0.15, -0.1) is 5.10 Å². The lowest BCUT2D eigenvalue weighted by Crippen LogP contribution is -2.48. The summed E-state index contributed by atoms with van der Waals surface area (Å²) in [5.74, 6) is -0.953. The average molecular weight is 487 g/mol. The van der Waals surface area contributed by atoms with E-state index in [2.05, 4.69) is 26.3 Å². The van der Waals surface area contributed by atoms with Gasteiger partial charge in [0.1, 0.15) is 0 Å². The van der Waals surface area contributed by atoms with E-state index in [9.17, 15) is 14.4 Å². The molecule has 154 valence electrons. The molecular weight excluding hydrogens is 468 g/mol. The molecule has 0 aliphatic carbocycles. The van der Waals surface area contributed by atoms with Crippen LogP contribution in [-0.4, -0.2) is 34.4 Å². The molecule has 2 heterocycles. The quantitative estimate of drug-likeness (QED) is 0.721. The van der Waals surface area contributed by atoms with Crippen molar-refractivity contribution in [3.8, 4) is 0 Å². The molecule has 0 aromatic heterocycles. The number of nitrogens with zero attached hydrogens (tertiary/aromatic N) is 3. The van der Waals surface area contributed by atoms with E-state index >= 15 is 0 Å². The third kappa shape index (κ3) is 3.41. The van der Waals surface area contributed by atoms with Crippen molar-refractivity contribution in [2.24, 2.45) is 5.10 Å². The number of rotatable bonds is 3. The Morgan fingerprint density at radius 1 is 1.17 bits per heavy atom. The van der Waals surface area contributed by atoms with Crippen LogP contribution in [0.1, 0.15) is 25.0 Å². The van der Waals surface area contributed by atoms with Crippen molar-refractivity contribution in [3.63, 3.8) is 0 Å². The zero-order chi connectivity index (χ0) is 21.5. The Kier molecular flexibility index (Phi) is 5.42. The minimum Gasteiger partial charge on any atom is -0.308 e. The summed E-state index contributed by atoms with van der Waals surface area (Å²) in [4.78, 5) is 38.1. The minimum absolute atomic E-state index is 0.224. The monoisotopic (exact) mass is 486 g/mol. The maximum atomic E-state index is 13.8. The summed E-state index contributed by atoms with van der Waals surface area (Å²) >= 11 is 4.56. The van der Waals surface area contributed by atoms with Gasteiger partial charge < -0.3 is 10.2 Å². The zero-order valence-electron chi connectivity index (χ0n) is 16.4. The third-order valence-corrected chi connectivity index (χ3v) is 6.66. The molecule has 9 heteroatoms. The van der Waals surface area contributed by atoms with Crippen LogP contribution in [-0.2, 0) is 25.7 Å². The molecule has 1 atom stereocenters. The van der Waals surface area contributed by atoms with Crippen molar-refractivity contribution in [1.82, 2.24) is 10.3 Å². The van der Waals surface area contributed by atoms with E-state index in [1.54, 1.807) is 4.90 Å². The van der Waals surface area contributed by atoms with Crippen molar-refractivity contribution >= 4 is 56.3 Å². The number of thioether (sulfide) groups is 1. The standard InChI is InChI=1S/C21H19BrN4O3S/c1-13(27)23-20-24-26(14(2)28)21(30-20)17-12-16(22)8-9-18(17)25(19(21)29)11-10-15-6-4-3-5-7-15/h3-9,12H,10-11H2,1-2H3,(H,23,24,27)/t21-/m0/s1. The van der Waals surface area contributed by atoms with Crippen molar-refractivity contribution < 1.29 is 14.4 Å². The van der Waals surface area contributed by atoms with Crippen LogP contribution in [0.2, 0.25) is 0 Å². The number of hydrogen-bond acceptors (Lipinski definition) is 5. The van der Waals surface area contributed by atoms with Crippen LogP contribution in [0.5, 0.6) is 0 Å². The van der Waals surface area contributed by atoms with Crippen LogP contribution in [0, 0.1) is 0 Å². The van der Waals surface area contributed by atoms with Gasteiger partial charge in [0, 0.05) is 30.4 Å². The second-order valence-corrected chi connectivity index (χ2v) is 9.11. The molecular formula is C21H19BrN4O3S. The van der Waals surface area contributed by atoms with Crippen LogP contribution < -0.4 is 10.2 Å². The minimum atomic E-state index is -1.38. The molecule has 2 aliphatic heterocycles. The van der Waals surface area contributed by atoms with Crippen LogP contribution in [0.25, 0.3) is 0 Å². The van der Waals surface area contributed by atoms with Crippen LogP contribution in [0.4, 0.5) is 5.69 Å². The summed E-state index contributed by atoms with van der Waals surface area (Å²) in [6.45, 7) is 3.18.